The third-order valence-corrected chi connectivity index (χ3v) is 4.23. The minimum Gasteiger partial charge on any atom is -0.497 e. The molecule has 2 aliphatic rings. The maximum Gasteiger partial charge on any atom is 0.120 e. The summed E-state index contributed by atoms with van der Waals surface area (Å²) in [6, 6.07) is 8.28. The number of nitrogens with two attached hydrogens (primary N) is 1. The predicted octanol–water partition coefficient (Wildman–Crippen LogP) is 3.29. The van der Waals surface area contributed by atoms with Crippen LogP contribution in [0.15, 0.2) is 47.8 Å². The van der Waals surface area contributed by atoms with Gasteiger partial charge in [0.2, 0.25) is 0 Å². The van der Waals surface area contributed by atoms with Crippen LogP contribution in [0.3, 0.4) is 0 Å². The van der Waals surface area contributed by atoms with E-state index in [4.69, 9.17) is 10.5 Å². The first-order valence-electron chi connectivity index (χ1n) is 7.26. The average molecular weight is 270 g/mol. The Labute approximate surface area is 120 Å². The number of fused-ring (bicyclic) bond motifs is 1. The second kappa shape index (κ2) is 5.23. The average Bonchev–Trinajstić information content (AvgIpc) is 2.47. The molecule has 1 aliphatic heterocycles. The van der Waals surface area contributed by atoms with Gasteiger partial charge in [0.25, 0.3) is 0 Å². The number of nitrogens with zero attached hydrogens (tertiary/aromatic N) is 1. The number of hydrogen-bond acceptors (Lipinski definition) is 3. The number of ether oxygens (including phenoxy) is 1. The van der Waals surface area contributed by atoms with E-state index in [1.807, 2.05) is 12.1 Å². The van der Waals surface area contributed by atoms with E-state index in [1.165, 1.54) is 17.8 Å². The van der Waals surface area contributed by atoms with Gasteiger partial charge in [-0.15, -0.1) is 0 Å². The van der Waals surface area contributed by atoms with Crippen molar-refractivity contribution >= 4 is 5.69 Å². The molecule has 1 aromatic rings. The first-order chi connectivity index (χ1) is 9.67. The van der Waals surface area contributed by atoms with Gasteiger partial charge < -0.3 is 15.4 Å². The molecule has 3 nitrogen and oxygen atoms in total. The van der Waals surface area contributed by atoms with Gasteiger partial charge in [-0.2, -0.15) is 0 Å². The van der Waals surface area contributed by atoms with Crippen molar-refractivity contribution in [3.8, 4) is 5.75 Å². The summed E-state index contributed by atoms with van der Waals surface area (Å²) in [6.45, 7) is 3.37. The molecule has 1 heterocycles. The molecule has 2 atom stereocenters. The van der Waals surface area contributed by atoms with E-state index in [0.29, 0.717) is 11.8 Å². The van der Waals surface area contributed by atoms with Gasteiger partial charge in [0.1, 0.15) is 5.75 Å². The summed E-state index contributed by atoms with van der Waals surface area (Å²) in [6.07, 6.45) is 6.59. The third kappa shape index (κ3) is 2.40. The minimum absolute atomic E-state index is 0.595. The van der Waals surface area contributed by atoms with Crippen molar-refractivity contribution in [2.75, 3.05) is 18.6 Å². The SMILES string of the molecule is COc1cccc(N2CC(C)CC3CC=C(N)C=C32)c1. The molecule has 2 N–H and O–H groups in total. The zero-order chi connectivity index (χ0) is 14.1. The Morgan fingerprint density at radius 1 is 1.35 bits per heavy atom. The van der Waals surface area contributed by atoms with Crippen LogP contribution in [0.25, 0.3) is 0 Å². The fourth-order valence-corrected chi connectivity index (χ4v) is 3.27. The Balaban J connectivity index is 1.98. The molecule has 0 bridgehead atoms. The van der Waals surface area contributed by atoms with Crippen LogP contribution in [0, 0.1) is 11.8 Å². The molecule has 0 amide bonds. The Morgan fingerprint density at radius 2 is 2.20 bits per heavy atom. The van der Waals surface area contributed by atoms with Crippen LogP contribution < -0.4 is 15.4 Å². The van der Waals surface area contributed by atoms with E-state index in [0.717, 1.165) is 24.4 Å². The minimum atomic E-state index is 0.595. The van der Waals surface area contributed by atoms with Crippen molar-refractivity contribution < 1.29 is 4.74 Å². The van der Waals surface area contributed by atoms with Crippen molar-refractivity contribution in [2.45, 2.75) is 19.8 Å². The van der Waals surface area contributed by atoms with Gasteiger partial charge in [0.05, 0.1) is 7.11 Å². The molecule has 0 spiro atoms. The highest BCUT2D eigenvalue weighted by Crippen LogP contribution is 2.39. The molecule has 1 aliphatic carbocycles. The molecule has 3 rings (SSSR count). The van der Waals surface area contributed by atoms with E-state index in [2.05, 4.69) is 36.1 Å². The molecule has 20 heavy (non-hydrogen) atoms. The van der Waals surface area contributed by atoms with Gasteiger partial charge in [0, 0.05) is 35.6 Å². The van der Waals surface area contributed by atoms with Crippen molar-refractivity contribution in [1.82, 2.24) is 0 Å². The number of hydrogen-bond donors (Lipinski definition) is 1. The lowest BCUT2D eigenvalue weighted by Crippen LogP contribution is -2.38. The van der Waals surface area contributed by atoms with Crippen LogP contribution in [0.4, 0.5) is 5.69 Å². The van der Waals surface area contributed by atoms with E-state index >= 15 is 0 Å². The lowest BCUT2D eigenvalue weighted by Gasteiger charge is -2.41. The highest BCUT2D eigenvalue weighted by Gasteiger charge is 2.31. The molecule has 0 radical (unpaired) electrons. The Morgan fingerprint density at radius 3 is 3.00 bits per heavy atom. The lowest BCUT2D eigenvalue weighted by molar-refractivity contribution is 0.378. The van der Waals surface area contributed by atoms with Gasteiger partial charge in [-0.05, 0) is 37.0 Å². The number of piperidine rings is 1. The maximum atomic E-state index is 6.01. The molecular weight excluding hydrogens is 248 g/mol. The molecular formula is C17H22N2O. The van der Waals surface area contributed by atoms with E-state index in [1.54, 1.807) is 7.11 Å². The topological polar surface area (TPSA) is 38.5 Å². The van der Waals surface area contributed by atoms with Gasteiger partial charge in [0.15, 0.2) is 0 Å². The third-order valence-electron chi connectivity index (χ3n) is 4.23. The standard InChI is InChI=1S/C17H22N2O/c1-12-8-13-6-7-14(18)9-17(13)19(11-12)15-4-3-5-16(10-15)20-2/h3-5,7,9-10,12-13H,6,8,11,18H2,1-2H3. The van der Waals surface area contributed by atoms with Crippen molar-refractivity contribution in [3.63, 3.8) is 0 Å². The van der Waals surface area contributed by atoms with Crippen molar-refractivity contribution in [3.05, 3.63) is 47.8 Å². The van der Waals surface area contributed by atoms with Gasteiger partial charge in [-0.1, -0.05) is 19.1 Å². The monoisotopic (exact) mass is 270 g/mol. The molecule has 1 saturated heterocycles. The summed E-state index contributed by atoms with van der Waals surface area (Å²) in [5, 5.41) is 0. The predicted molar refractivity (Wildman–Crippen MR) is 82.6 cm³/mol. The van der Waals surface area contributed by atoms with Gasteiger partial charge in [-0.3, -0.25) is 0 Å². The number of allylic oxidation sites excluding steroid dienone is 3. The summed E-state index contributed by atoms with van der Waals surface area (Å²) in [7, 11) is 1.71. The zero-order valence-corrected chi connectivity index (χ0v) is 12.2. The molecule has 106 valence electrons. The van der Waals surface area contributed by atoms with E-state index in [-0.39, 0.29) is 0 Å². The highest BCUT2D eigenvalue weighted by molar-refractivity contribution is 5.57. The first kappa shape index (κ1) is 13.1. The lowest BCUT2D eigenvalue weighted by atomic mass is 9.82. The quantitative estimate of drug-likeness (QED) is 0.896. The Bertz CT molecular complexity index is 562. The van der Waals surface area contributed by atoms with Crippen molar-refractivity contribution in [2.24, 2.45) is 17.6 Å². The molecule has 0 saturated carbocycles. The first-order valence-corrected chi connectivity index (χ1v) is 7.26. The smallest absolute Gasteiger partial charge is 0.120 e. The molecule has 3 heteroatoms. The Hall–Kier alpha value is -1.90. The van der Waals surface area contributed by atoms with Crippen LogP contribution in [0.1, 0.15) is 19.8 Å². The molecule has 1 fully saturated rings. The Kier molecular flexibility index (Phi) is 3.43. The maximum absolute atomic E-state index is 6.01. The second-order valence-corrected chi connectivity index (χ2v) is 5.86. The summed E-state index contributed by atoms with van der Waals surface area (Å²) < 4.78 is 5.35. The zero-order valence-electron chi connectivity index (χ0n) is 12.2. The fraction of sp³-hybridized carbons (Fsp3) is 0.412. The summed E-state index contributed by atoms with van der Waals surface area (Å²) in [5.74, 6) is 2.19. The number of methoxy groups -OCH3 is 1. The van der Waals surface area contributed by atoms with Gasteiger partial charge in [-0.25, -0.2) is 0 Å². The molecule has 1 aromatic carbocycles. The summed E-state index contributed by atoms with van der Waals surface area (Å²) >= 11 is 0. The number of benzene rings is 1. The van der Waals surface area contributed by atoms with Crippen LogP contribution >= 0.6 is 0 Å². The molecule has 0 aromatic heterocycles. The molecule has 2 unspecified atom stereocenters. The van der Waals surface area contributed by atoms with Crippen LogP contribution in [-0.2, 0) is 0 Å². The largest absolute Gasteiger partial charge is 0.497 e. The van der Waals surface area contributed by atoms with Gasteiger partial charge >= 0.3 is 0 Å². The number of rotatable bonds is 2. The number of anilines is 1. The van der Waals surface area contributed by atoms with E-state index < -0.39 is 0 Å². The fourth-order valence-electron chi connectivity index (χ4n) is 3.27. The van der Waals surface area contributed by atoms with Crippen LogP contribution in [0.2, 0.25) is 0 Å². The second-order valence-electron chi connectivity index (χ2n) is 5.86. The van der Waals surface area contributed by atoms with E-state index in [9.17, 15) is 0 Å². The van der Waals surface area contributed by atoms with Crippen LogP contribution in [-0.4, -0.2) is 13.7 Å². The summed E-state index contributed by atoms with van der Waals surface area (Å²) in [4.78, 5) is 2.40. The summed E-state index contributed by atoms with van der Waals surface area (Å²) in [5.41, 5.74) is 9.45. The highest BCUT2D eigenvalue weighted by atomic mass is 16.5. The van der Waals surface area contributed by atoms with Crippen LogP contribution in [0.5, 0.6) is 5.75 Å². The van der Waals surface area contributed by atoms with Crippen molar-refractivity contribution in [1.29, 1.82) is 0 Å². The normalized spacial score (nSPS) is 25.6.